The number of hydrogen-bond donors (Lipinski definition) is 0. The average Bonchev–Trinajstić information content (AvgIpc) is 2.92. The van der Waals surface area contributed by atoms with Gasteiger partial charge in [0.25, 0.3) is 0 Å². The fourth-order valence-electron chi connectivity index (χ4n) is 3.94. The van der Waals surface area contributed by atoms with Gasteiger partial charge in [0.1, 0.15) is 11.5 Å². The molecule has 3 aromatic rings. The smallest absolute Gasteiger partial charge is 0.343 e. The van der Waals surface area contributed by atoms with Crippen molar-refractivity contribution in [3.63, 3.8) is 0 Å². The van der Waals surface area contributed by atoms with Gasteiger partial charge in [-0.05, 0) is 71.6 Å². The SMILES string of the molecule is CCCCCCCCCOc1ccc(C(=O)Oc2ccc3cc(C(=O)OC[C@H](C)CC)ccc3c2)cc1. The standard InChI is InChI=1S/C32H40O5/c1-4-6-7-8-9-10-11-20-35-29-17-14-25(15-18-29)32(34)37-30-19-16-26-21-28(13-12-27(26)22-30)31(33)36-23-24(3)5-2/h12-19,21-22,24H,4-11,20,23H2,1-3H3/t24-/m1/s1. The number of ether oxygens (including phenoxy) is 3. The minimum absolute atomic E-state index is 0.326. The highest BCUT2D eigenvalue weighted by molar-refractivity contribution is 5.96. The Kier molecular flexibility index (Phi) is 11.5. The number of rotatable bonds is 15. The zero-order chi connectivity index (χ0) is 26.5. The molecule has 0 heterocycles. The van der Waals surface area contributed by atoms with Gasteiger partial charge in [-0.25, -0.2) is 9.59 Å². The van der Waals surface area contributed by atoms with E-state index in [4.69, 9.17) is 14.2 Å². The molecule has 0 unspecified atom stereocenters. The predicted molar refractivity (Wildman–Crippen MR) is 149 cm³/mol. The molecule has 37 heavy (non-hydrogen) atoms. The first-order chi connectivity index (χ1) is 18.0. The Bertz CT molecular complexity index is 1140. The normalized spacial score (nSPS) is 11.8. The summed E-state index contributed by atoms with van der Waals surface area (Å²) >= 11 is 0. The van der Waals surface area contributed by atoms with Crippen molar-refractivity contribution in [1.29, 1.82) is 0 Å². The molecule has 0 saturated heterocycles. The molecule has 0 amide bonds. The molecule has 198 valence electrons. The van der Waals surface area contributed by atoms with Crippen molar-refractivity contribution in [3.05, 3.63) is 71.8 Å². The summed E-state index contributed by atoms with van der Waals surface area (Å²) in [6.07, 6.45) is 9.67. The van der Waals surface area contributed by atoms with Crippen molar-refractivity contribution < 1.29 is 23.8 Å². The van der Waals surface area contributed by atoms with Crippen molar-refractivity contribution in [1.82, 2.24) is 0 Å². The summed E-state index contributed by atoms with van der Waals surface area (Å²) in [5.41, 5.74) is 0.970. The van der Waals surface area contributed by atoms with Crippen LogP contribution in [0.1, 0.15) is 92.9 Å². The number of carbonyl (C=O) groups excluding carboxylic acids is 2. The zero-order valence-electron chi connectivity index (χ0n) is 22.5. The molecular formula is C32H40O5. The quantitative estimate of drug-likeness (QED) is 0.118. The number of unbranched alkanes of at least 4 members (excludes halogenated alkanes) is 6. The van der Waals surface area contributed by atoms with E-state index in [0.717, 1.165) is 29.4 Å². The summed E-state index contributed by atoms with van der Waals surface area (Å²) in [4.78, 5) is 25.0. The molecule has 0 aliphatic carbocycles. The molecular weight excluding hydrogens is 464 g/mol. The van der Waals surface area contributed by atoms with Gasteiger partial charge in [-0.2, -0.15) is 0 Å². The lowest BCUT2D eigenvalue weighted by Crippen LogP contribution is -2.11. The Hall–Kier alpha value is -3.34. The lowest BCUT2D eigenvalue weighted by molar-refractivity contribution is 0.0447. The molecule has 0 aromatic heterocycles. The summed E-state index contributed by atoms with van der Waals surface area (Å²) < 4.78 is 16.8. The van der Waals surface area contributed by atoms with Crippen molar-refractivity contribution >= 4 is 22.7 Å². The minimum Gasteiger partial charge on any atom is -0.494 e. The van der Waals surface area contributed by atoms with Crippen LogP contribution in [0.25, 0.3) is 10.8 Å². The first-order valence-electron chi connectivity index (χ1n) is 13.7. The maximum atomic E-state index is 12.6. The third kappa shape index (κ3) is 9.23. The molecule has 0 aliphatic heterocycles. The number of benzene rings is 3. The van der Waals surface area contributed by atoms with Crippen LogP contribution >= 0.6 is 0 Å². The second-order valence-corrected chi connectivity index (χ2v) is 9.72. The first-order valence-corrected chi connectivity index (χ1v) is 13.7. The largest absolute Gasteiger partial charge is 0.494 e. The third-order valence-electron chi connectivity index (χ3n) is 6.56. The topological polar surface area (TPSA) is 61.8 Å². The summed E-state index contributed by atoms with van der Waals surface area (Å²) in [5, 5.41) is 1.75. The Morgan fingerprint density at radius 1 is 0.703 bits per heavy atom. The fourth-order valence-corrected chi connectivity index (χ4v) is 3.94. The number of fused-ring (bicyclic) bond motifs is 1. The van der Waals surface area contributed by atoms with E-state index in [1.807, 2.05) is 12.1 Å². The number of hydrogen-bond acceptors (Lipinski definition) is 5. The lowest BCUT2D eigenvalue weighted by atomic mass is 10.1. The molecule has 0 saturated carbocycles. The Balaban J connectivity index is 1.48. The lowest BCUT2D eigenvalue weighted by Gasteiger charge is -2.10. The van der Waals surface area contributed by atoms with Crippen LogP contribution in [-0.4, -0.2) is 25.2 Å². The van der Waals surface area contributed by atoms with Crippen LogP contribution in [0.5, 0.6) is 11.5 Å². The van der Waals surface area contributed by atoms with E-state index in [1.54, 1.807) is 48.5 Å². The first kappa shape index (κ1) is 28.2. The van der Waals surface area contributed by atoms with Gasteiger partial charge in [-0.3, -0.25) is 0 Å². The predicted octanol–water partition coefficient (Wildman–Crippen LogP) is 8.39. The molecule has 0 N–H and O–H groups in total. The van der Waals surface area contributed by atoms with Crippen LogP contribution in [0.2, 0.25) is 0 Å². The second kappa shape index (κ2) is 15.0. The van der Waals surface area contributed by atoms with Crippen LogP contribution in [-0.2, 0) is 4.74 Å². The molecule has 0 aliphatic rings. The highest BCUT2D eigenvalue weighted by atomic mass is 16.5. The molecule has 3 rings (SSSR count). The average molecular weight is 505 g/mol. The zero-order valence-corrected chi connectivity index (χ0v) is 22.5. The summed E-state index contributed by atoms with van der Waals surface area (Å²) in [5.74, 6) is 0.784. The maximum Gasteiger partial charge on any atom is 0.343 e. The Labute approximate surface area is 221 Å². The monoisotopic (exact) mass is 504 g/mol. The van der Waals surface area contributed by atoms with Gasteiger partial charge in [-0.1, -0.05) is 77.8 Å². The minimum atomic E-state index is -0.428. The van der Waals surface area contributed by atoms with Crippen molar-refractivity contribution in [2.45, 2.75) is 72.1 Å². The molecule has 5 heteroatoms. The summed E-state index contributed by atoms with van der Waals surface area (Å²) in [7, 11) is 0. The van der Waals surface area contributed by atoms with E-state index in [1.165, 1.54) is 38.5 Å². The number of esters is 2. The maximum absolute atomic E-state index is 12.6. The van der Waals surface area contributed by atoms with Crippen molar-refractivity contribution in [2.75, 3.05) is 13.2 Å². The van der Waals surface area contributed by atoms with E-state index in [-0.39, 0.29) is 5.97 Å². The molecule has 3 aromatic carbocycles. The van der Waals surface area contributed by atoms with Crippen LogP contribution in [0.4, 0.5) is 0 Å². The van der Waals surface area contributed by atoms with Crippen molar-refractivity contribution in [2.24, 2.45) is 5.92 Å². The second-order valence-electron chi connectivity index (χ2n) is 9.72. The van der Waals surface area contributed by atoms with E-state index in [0.29, 0.717) is 36.0 Å². The van der Waals surface area contributed by atoms with Gasteiger partial charge in [0.2, 0.25) is 0 Å². The van der Waals surface area contributed by atoms with Crippen LogP contribution in [0.3, 0.4) is 0 Å². The van der Waals surface area contributed by atoms with Gasteiger partial charge >= 0.3 is 11.9 Å². The Morgan fingerprint density at radius 3 is 2.05 bits per heavy atom. The molecule has 0 bridgehead atoms. The van der Waals surface area contributed by atoms with Gasteiger partial charge in [0.05, 0.1) is 24.3 Å². The van der Waals surface area contributed by atoms with Crippen LogP contribution in [0.15, 0.2) is 60.7 Å². The van der Waals surface area contributed by atoms with E-state index in [9.17, 15) is 9.59 Å². The highest BCUT2D eigenvalue weighted by Gasteiger charge is 2.12. The van der Waals surface area contributed by atoms with E-state index in [2.05, 4.69) is 20.8 Å². The van der Waals surface area contributed by atoms with Gasteiger partial charge < -0.3 is 14.2 Å². The summed E-state index contributed by atoms with van der Waals surface area (Å²) in [6.45, 7) is 7.45. The van der Waals surface area contributed by atoms with E-state index >= 15 is 0 Å². The molecule has 5 nitrogen and oxygen atoms in total. The molecule has 0 radical (unpaired) electrons. The highest BCUT2D eigenvalue weighted by Crippen LogP contribution is 2.24. The van der Waals surface area contributed by atoms with Gasteiger partial charge in [0, 0.05) is 0 Å². The van der Waals surface area contributed by atoms with Gasteiger partial charge in [0.15, 0.2) is 0 Å². The Morgan fingerprint density at radius 2 is 1.32 bits per heavy atom. The summed E-state index contributed by atoms with van der Waals surface area (Å²) in [6, 6.07) is 17.8. The number of carbonyl (C=O) groups is 2. The van der Waals surface area contributed by atoms with Crippen molar-refractivity contribution in [3.8, 4) is 11.5 Å². The third-order valence-corrected chi connectivity index (χ3v) is 6.56. The van der Waals surface area contributed by atoms with E-state index < -0.39 is 5.97 Å². The molecule has 0 spiro atoms. The van der Waals surface area contributed by atoms with Crippen LogP contribution < -0.4 is 9.47 Å². The van der Waals surface area contributed by atoms with Gasteiger partial charge in [-0.15, -0.1) is 0 Å². The molecule has 1 atom stereocenters. The molecule has 0 fully saturated rings. The fraction of sp³-hybridized carbons (Fsp3) is 0.438. The van der Waals surface area contributed by atoms with Crippen LogP contribution in [0, 0.1) is 5.92 Å².